The lowest BCUT2D eigenvalue weighted by atomic mass is 10.2. The van der Waals surface area contributed by atoms with E-state index >= 15 is 0 Å². The lowest BCUT2D eigenvalue weighted by molar-refractivity contribution is 0.414. The van der Waals surface area contributed by atoms with Gasteiger partial charge in [-0.15, -0.1) is 0 Å². The number of hydrogen-bond acceptors (Lipinski definition) is 7. The fourth-order valence-electron chi connectivity index (χ4n) is 3.72. The lowest BCUT2D eigenvalue weighted by Crippen LogP contribution is -2.22. The van der Waals surface area contributed by atoms with Gasteiger partial charge in [-0.25, -0.2) is 9.97 Å². The number of hydrogen-bond donors (Lipinski definition) is 2. The summed E-state index contributed by atoms with van der Waals surface area (Å²) in [4.78, 5) is 25.6. The smallest absolute Gasteiger partial charge is 0.266 e. The average molecular weight is 482 g/mol. The number of aliphatic hydroxyl groups is 1. The van der Waals surface area contributed by atoms with Crippen molar-refractivity contribution in [3.05, 3.63) is 94.7 Å². The monoisotopic (exact) mass is 481 g/mol. The van der Waals surface area contributed by atoms with E-state index in [1.165, 1.54) is 4.57 Å². The Bertz CT molecular complexity index is 1660. The number of methoxy groups -OCH3 is 1. The minimum absolute atomic E-state index is 0.00862. The summed E-state index contributed by atoms with van der Waals surface area (Å²) in [6, 6.07) is 23.6. The molecular weight excluding hydrogens is 462 g/mol. The number of ether oxygens (including phenoxy) is 1. The van der Waals surface area contributed by atoms with E-state index in [1.54, 1.807) is 49.6 Å². The highest BCUT2D eigenvalue weighted by Gasteiger charge is 2.17. The number of aromatic nitrogens is 4. The molecule has 2 aromatic heterocycles. The van der Waals surface area contributed by atoms with Crippen molar-refractivity contribution >= 4 is 39.3 Å². The van der Waals surface area contributed by atoms with Crippen molar-refractivity contribution in [1.82, 2.24) is 19.5 Å². The van der Waals surface area contributed by atoms with Crippen molar-refractivity contribution in [2.24, 2.45) is 0 Å². The molecule has 2 N–H and O–H groups in total. The van der Waals surface area contributed by atoms with Crippen molar-refractivity contribution in [1.29, 1.82) is 5.26 Å². The Morgan fingerprint density at radius 2 is 1.86 bits per heavy atom. The van der Waals surface area contributed by atoms with E-state index in [0.29, 0.717) is 33.0 Å². The lowest BCUT2D eigenvalue weighted by Gasteiger charge is -2.14. The molecule has 2 heterocycles. The van der Waals surface area contributed by atoms with Gasteiger partial charge in [0.1, 0.15) is 23.2 Å². The molecule has 9 heteroatoms. The first-order valence-corrected chi connectivity index (χ1v) is 11.6. The van der Waals surface area contributed by atoms with Gasteiger partial charge in [-0.05, 0) is 36.4 Å². The summed E-state index contributed by atoms with van der Waals surface area (Å²) in [6.45, 7) is 0. The Kier molecular flexibility index (Phi) is 5.95. The molecule has 0 atom stereocenters. The van der Waals surface area contributed by atoms with Crippen molar-refractivity contribution in [3.8, 4) is 17.5 Å². The highest BCUT2D eigenvalue weighted by Crippen LogP contribution is 2.27. The SMILES string of the molecule is COc1cccc(-n2c(SCC(O)=C(C#N)c3nc4ccccc4[nH]3)nc3ccccc3c2=O)c1. The fraction of sp³-hybridized carbons (Fsp3) is 0.0769. The van der Waals surface area contributed by atoms with Crippen molar-refractivity contribution in [2.75, 3.05) is 12.9 Å². The predicted octanol–water partition coefficient (Wildman–Crippen LogP) is 4.86. The summed E-state index contributed by atoms with van der Waals surface area (Å²) in [5.41, 5.74) is 2.37. The summed E-state index contributed by atoms with van der Waals surface area (Å²) in [7, 11) is 1.56. The molecular formula is C26H19N5O3S. The molecule has 0 fully saturated rings. The third-order valence-electron chi connectivity index (χ3n) is 5.42. The van der Waals surface area contributed by atoms with Gasteiger partial charge in [0.2, 0.25) is 0 Å². The van der Waals surface area contributed by atoms with Crippen LogP contribution in [0, 0.1) is 11.3 Å². The maximum Gasteiger partial charge on any atom is 0.266 e. The molecule has 0 bridgehead atoms. The van der Waals surface area contributed by atoms with Gasteiger partial charge in [-0.3, -0.25) is 9.36 Å². The normalized spacial score (nSPS) is 11.9. The molecule has 8 nitrogen and oxygen atoms in total. The zero-order valence-electron chi connectivity index (χ0n) is 18.6. The van der Waals surface area contributed by atoms with Crippen LogP contribution in [0.1, 0.15) is 5.82 Å². The molecule has 0 radical (unpaired) electrons. The van der Waals surface area contributed by atoms with E-state index in [2.05, 4.69) is 15.0 Å². The van der Waals surface area contributed by atoms with Crippen LogP contribution in [0.5, 0.6) is 5.75 Å². The van der Waals surface area contributed by atoms with Gasteiger partial charge >= 0.3 is 0 Å². The van der Waals surface area contributed by atoms with Gasteiger partial charge < -0.3 is 14.8 Å². The summed E-state index contributed by atoms with van der Waals surface area (Å²) >= 11 is 1.15. The summed E-state index contributed by atoms with van der Waals surface area (Å²) in [5.74, 6) is 0.715. The molecule has 5 rings (SSSR count). The minimum Gasteiger partial charge on any atom is -0.510 e. The van der Waals surface area contributed by atoms with E-state index in [4.69, 9.17) is 4.74 Å². The number of H-pyrrole nitrogens is 1. The van der Waals surface area contributed by atoms with E-state index in [1.807, 2.05) is 36.4 Å². The zero-order chi connectivity index (χ0) is 24.4. The second-order valence-corrected chi connectivity index (χ2v) is 8.52. The van der Waals surface area contributed by atoms with Gasteiger partial charge in [0, 0.05) is 6.07 Å². The second kappa shape index (κ2) is 9.37. The Balaban J connectivity index is 1.57. The molecule has 0 saturated carbocycles. The number of benzene rings is 3. The topological polar surface area (TPSA) is 117 Å². The molecule has 0 saturated heterocycles. The first-order chi connectivity index (χ1) is 17.1. The molecule has 5 aromatic rings. The van der Waals surface area contributed by atoms with Gasteiger partial charge in [0.25, 0.3) is 5.56 Å². The quantitative estimate of drug-likeness (QED) is 0.154. The number of aliphatic hydroxyl groups excluding tert-OH is 1. The summed E-state index contributed by atoms with van der Waals surface area (Å²) in [6.07, 6.45) is 0. The highest BCUT2D eigenvalue weighted by molar-refractivity contribution is 7.99. The molecule has 0 amide bonds. The maximum atomic E-state index is 13.4. The van der Waals surface area contributed by atoms with E-state index in [0.717, 1.165) is 17.3 Å². The molecule has 3 aromatic carbocycles. The zero-order valence-corrected chi connectivity index (χ0v) is 19.4. The van der Waals surface area contributed by atoms with Crippen LogP contribution in [0.3, 0.4) is 0 Å². The third-order valence-corrected chi connectivity index (χ3v) is 6.37. The Labute approximate surface area is 204 Å². The average Bonchev–Trinajstić information content (AvgIpc) is 3.31. The third kappa shape index (κ3) is 4.23. The number of allylic oxidation sites excluding steroid dienone is 1. The van der Waals surface area contributed by atoms with Crippen LogP contribution < -0.4 is 10.3 Å². The molecule has 35 heavy (non-hydrogen) atoms. The van der Waals surface area contributed by atoms with Crippen LogP contribution in [-0.4, -0.2) is 37.5 Å². The Morgan fingerprint density at radius 3 is 2.63 bits per heavy atom. The molecule has 0 aliphatic carbocycles. The number of para-hydroxylation sites is 3. The maximum absolute atomic E-state index is 13.4. The largest absolute Gasteiger partial charge is 0.510 e. The molecule has 0 unspecified atom stereocenters. The first-order valence-electron chi connectivity index (χ1n) is 10.7. The molecule has 172 valence electrons. The first kappa shape index (κ1) is 22.3. The molecule has 0 aliphatic heterocycles. The number of aromatic amines is 1. The van der Waals surface area contributed by atoms with Gasteiger partial charge in [0.05, 0.1) is 40.5 Å². The van der Waals surface area contributed by atoms with Crippen LogP contribution >= 0.6 is 11.8 Å². The van der Waals surface area contributed by atoms with E-state index in [9.17, 15) is 15.2 Å². The number of nitrogens with zero attached hydrogens (tertiary/aromatic N) is 4. The van der Waals surface area contributed by atoms with Gasteiger partial charge in [-0.1, -0.05) is 42.1 Å². The number of thioether (sulfide) groups is 1. The van der Waals surface area contributed by atoms with Crippen LogP contribution in [0.25, 0.3) is 33.2 Å². The standard InChI is InChI=1S/C26H19N5O3S/c1-34-17-8-6-7-16(13-17)31-25(33)18-9-2-3-10-20(18)30-26(31)35-15-23(32)19(14-27)24-28-21-11-4-5-12-22(21)29-24/h2-13,32H,15H2,1H3,(H,28,29). The Hall–Kier alpha value is -4.55. The number of rotatable bonds is 6. The van der Waals surface area contributed by atoms with Crippen LogP contribution in [0.4, 0.5) is 0 Å². The molecule has 0 aliphatic rings. The van der Waals surface area contributed by atoms with Crippen LogP contribution in [-0.2, 0) is 0 Å². The van der Waals surface area contributed by atoms with Crippen LogP contribution in [0.15, 0.2) is 88.5 Å². The number of fused-ring (bicyclic) bond motifs is 2. The summed E-state index contributed by atoms with van der Waals surface area (Å²) < 4.78 is 6.81. The number of nitrogens with one attached hydrogen (secondary N) is 1. The predicted molar refractivity (Wildman–Crippen MR) is 136 cm³/mol. The minimum atomic E-state index is -0.243. The van der Waals surface area contributed by atoms with E-state index < -0.39 is 0 Å². The highest BCUT2D eigenvalue weighted by atomic mass is 32.2. The van der Waals surface area contributed by atoms with Gasteiger partial charge in [0.15, 0.2) is 11.0 Å². The molecule has 0 spiro atoms. The van der Waals surface area contributed by atoms with Crippen molar-refractivity contribution in [3.63, 3.8) is 0 Å². The fourth-order valence-corrected chi connectivity index (χ4v) is 4.61. The van der Waals surface area contributed by atoms with Gasteiger partial charge in [-0.2, -0.15) is 5.26 Å². The Morgan fingerprint density at radius 1 is 1.09 bits per heavy atom. The second-order valence-electron chi connectivity index (χ2n) is 7.58. The van der Waals surface area contributed by atoms with Crippen molar-refractivity contribution < 1.29 is 9.84 Å². The van der Waals surface area contributed by atoms with E-state index in [-0.39, 0.29) is 28.5 Å². The number of imidazole rings is 1. The number of nitriles is 1. The van der Waals surface area contributed by atoms with Crippen molar-refractivity contribution in [2.45, 2.75) is 5.16 Å². The summed E-state index contributed by atoms with van der Waals surface area (Å²) in [5, 5.41) is 21.4. The van der Waals surface area contributed by atoms with Crippen LogP contribution in [0.2, 0.25) is 0 Å².